The fourth-order valence-electron chi connectivity index (χ4n) is 4.17. The summed E-state index contributed by atoms with van der Waals surface area (Å²) in [4.78, 5) is 4.97. The molecule has 5 rings (SSSR count). The van der Waals surface area contributed by atoms with Crippen LogP contribution in [0, 0.1) is 5.92 Å². The third-order valence-electron chi connectivity index (χ3n) is 5.90. The van der Waals surface area contributed by atoms with Crippen LogP contribution in [0.4, 0.5) is 0 Å². The Morgan fingerprint density at radius 1 is 1.15 bits per heavy atom. The van der Waals surface area contributed by atoms with Gasteiger partial charge in [-0.25, -0.2) is 9.67 Å². The summed E-state index contributed by atoms with van der Waals surface area (Å²) < 4.78 is 4.28. The van der Waals surface area contributed by atoms with Crippen molar-refractivity contribution in [2.45, 2.75) is 57.5 Å². The summed E-state index contributed by atoms with van der Waals surface area (Å²) in [5, 5.41) is 10.4. The molecule has 0 bridgehead atoms. The predicted octanol–water partition coefficient (Wildman–Crippen LogP) is 3.66. The molecule has 2 fully saturated rings. The Morgan fingerprint density at radius 2 is 1.96 bits per heavy atom. The molecule has 0 unspecified atom stereocenters. The maximum atomic E-state index is 5.81. The van der Waals surface area contributed by atoms with Gasteiger partial charge in [0, 0.05) is 22.9 Å². The summed E-state index contributed by atoms with van der Waals surface area (Å²) in [6, 6.07) is 5.05. The first-order chi connectivity index (χ1) is 12.7. The Kier molecular flexibility index (Phi) is 3.64. The van der Waals surface area contributed by atoms with Gasteiger partial charge in [-0.1, -0.05) is 0 Å². The van der Waals surface area contributed by atoms with Gasteiger partial charge in [0.25, 0.3) is 0 Å². The molecule has 6 heteroatoms. The Labute approximate surface area is 153 Å². The van der Waals surface area contributed by atoms with Crippen LogP contribution in [0.1, 0.15) is 63.2 Å². The Balaban J connectivity index is 1.57. The zero-order valence-electron chi connectivity index (χ0n) is 15.5. The van der Waals surface area contributed by atoms with Crippen LogP contribution < -0.4 is 5.73 Å². The van der Waals surface area contributed by atoms with E-state index in [0.717, 1.165) is 36.1 Å². The van der Waals surface area contributed by atoms with Crippen molar-refractivity contribution in [1.29, 1.82) is 0 Å². The van der Waals surface area contributed by atoms with Gasteiger partial charge in [0.05, 0.1) is 29.8 Å². The quantitative estimate of drug-likeness (QED) is 0.762. The molecule has 0 radical (unpaired) electrons. The van der Waals surface area contributed by atoms with Crippen LogP contribution in [-0.2, 0) is 0 Å². The second-order valence-electron chi connectivity index (χ2n) is 8.18. The van der Waals surface area contributed by atoms with Crippen LogP contribution in [0.5, 0.6) is 0 Å². The smallest absolute Gasteiger partial charge is 0.158 e. The number of hydrogen-bond donors (Lipinski definition) is 1. The van der Waals surface area contributed by atoms with Crippen molar-refractivity contribution in [3.05, 3.63) is 30.2 Å². The van der Waals surface area contributed by atoms with Crippen LogP contribution in [0.25, 0.3) is 22.3 Å². The average molecular weight is 350 g/mol. The molecule has 0 spiro atoms. The lowest BCUT2D eigenvalue weighted by Crippen LogP contribution is -2.33. The first kappa shape index (κ1) is 16.0. The number of aromatic nitrogens is 5. The lowest BCUT2D eigenvalue weighted by atomic mass is 9.80. The minimum Gasteiger partial charge on any atom is -0.330 e. The molecule has 2 aliphatic rings. The third kappa shape index (κ3) is 2.47. The van der Waals surface area contributed by atoms with Gasteiger partial charge < -0.3 is 5.73 Å². The minimum atomic E-state index is 0.295. The van der Waals surface area contributed by atoms with E-state index in [9.17, 15) is 0 Å². The van der Waals surface area contributed by atoms with E-state index in [4.69, 9.17) is 15.8 Å². The molecule has 0 atom stereocenters. The van der Waals surface area contributed by atoms with Crippen molar-refractivity contribution in [2.75, 3.05) is 6.54 Å². The summed E-state index contributed by atoms with van der Waals surface area (Å²) >= 11 is 0. The molecule has 0 aliphatic heterocycles. The van der Waals surface area contributed by atoms with Crippen LogP contribution in [0.3, 0.4) is 0 Å². The molecule has 136 valence electrons. The Morgan fingerprint density at radius 3 is 2.65 bits per heavy atom. The first-order valence-electron chi connectivity index (χ1n) is 9.77. The van der Waals surface area contributed by atoms with Crippen molar-refractivity contribution < 1.29 is 0 Å². The van der Waals surface area contributed by atoms with E-state index in [0.29, 0.717) is 23.9 Å². The van der Waals surface area contributed by atoms with Gasteiger partial charge in [-0.15, -0.1) is 0 Å². The van der Waals surface area contributed by atoms with Crippen molar-refractivity contribution in [2.24, 2.45) is 11.7 Å². The monoisotopic (exact) mass is 350 g/mol. The molecule has 3 aromatic rings. The summed E-state index contributed by atoms with van der Waals surface area (Å²) in [5.41, 5.74) is 10.4. The lowest BCUT2D eigenvalue weighted by molar-refractivity contribution is 0.186. The predicted molar refractivity (Wildman–Crippen MR) is 102 cm³/mol. The lowest BCUT2D eigenvalue weighted by Gasteiger charge is -2.35. The molecule has 0 aromatic carbocycles. The normalized spacial score (nSPS) is 22.9. The highest BCUT2D eigenvalue weighted by atomic mass is 15.3. The third-order valence-corrected chi connectivity index (χ3v) is 5.90. The maximum absolute atomic E-state index is 5.81. The van der Waals surface area contributed by atoms with E-state index >= 15 is 0 Å². The van der Waals surface area contributed by atoms with Crippen molar-refractivity contribution in [1.82, 2.24) is 24.5 Å². The van der Waals surface area contributed by atoms with Gasteiger partial charge in [-0.3, -0.25) is 4.68 Å². The molecular weight excluding hydrogens is 324 g/mol. The molecule has 2 saturated carbocycles. The van der Waals surface area contributed by atoms with Gasteiger partial charge >= 0.3 is 0 Å². The Hall–Kier alpha value is -2.21. The topological polar surface area (TPSA) is 74.5 Å². The van der Waals surface area contributed by atoms with E-state index in [2.05, 4.69) is 35.8 Å². The number of rotatable bonds is 5. The highest BCUT2D eigenvalue weighted by Crippen LogP contribution is 2.48. The fourth-order valence-corrected chi connectivity index (χ4v) is 4.17. The average Bonchev–Trinajstić information content (AvgIpc) is 3.19. The van der Waals surface area contributed by atoms with Gasteiger partial charge in [0.1, 0.15) is 0 Å². The van der Waals surface area contributed by atoms with Crippen LogP contribution in [-0.4, -0.2) is 31.1 Å². The van der Waals surface area contributed by atoms with Crippen molar-refractivity contribution in [3.8, 4) is 11.3 Å². The van der Waals surface area contributed by atoms with E-state index in [1.54, 1.807) is 0 Å². The van der Waals surface area contributed by atoms with E-state index in [-0.39, 0.29) is 0 Å². The van der Waals surface area contributed by atoms with Crippen LogP contribution in [0.15, 0.2) is 24.5 Å². The molecule has 2 aliphatic carbocycles. The number of nitrogens with two attached hydrogens (primary N) is 1. The zero-order chi connectivity index (χ0) is 17.8. The SMILES string of the molecule is CC(C)n1ncc2ccc(-c3cnn(C4CC(CN)C4)c3C3CC3)nc21. The molecular formula is C20H26N6. The highest BCUT2D eigenvalue weighted by molar-refractivity contribution is 5.79. The van der Waals surface area contributed by atoms with Crippen molar-refractivity contribution >= 4 is 11.0 Å². The molecule has 26 heavy (non-hydrogen) atoms. The maximum Gasteiger partial charge on any atom is 0.158 e. The molecule has 3 heterocycles. The van der Waals surface area contributed by atoms with Gasteiger partial charge in [0.15, 0.2) is 5.65 Å². The van der Waals surface area contributed by atoms with E-state index in [1.165, 1.54) is 24.1 Å². The summed E-state index contributed by atoms with van der Waals surface area (Å²) in [5.74, 6) is 1.30. The zero-order valence-corrected chi connectivity index (χ0v) is 15.5. The number of pyridine rings is 1. The largest absolute Gasteiger partial charge is 0.330 e. The summed E-state index contributed by atoms with van der Waals surface area (Å²) in [7, 11) is 0. The molecule has 0 amide bonds. The van der Waals surface area contributed by atoms with E-state index in [1.807, 2.05) is 17.1 Å². The number of fused-ring (bicyclic) bond motifs is 1. The molecule has 2 N–H and O–H groups in total. The first-order valence-corrected chi connectivity index (χ1v) is 9.77. The van der Waals surface area contributed by atoms with E-state index < -0.39 is 0 Å². The summed E-state index contributed by atoms with van der Waals surface area (Å²) in [6.07, 6.45) is 8.76. The fraction of sp³-hybridized carbons (Fsp3) is 0.550. The number of nitrogens with zero attached hydrogens (tertiary/aromatic N) is 5. The minimum absolute atomic E-state index is 0.295. The highest BCUT2D eigenvalue weighted by Gasteiger charge is 2.37. The summed E-state index contributed by atoms with van der Waals surface area (Å²) in [6.45, 7) is 5.07. The second-order valence-corrected chi connectivity index (χ2v) is 8.18. The van der Waals surface area contributed by atoms with Gasteiger partial charge in [-0.05, 0) is 64.1 Å². The van der Waals surface area contributed by atoms with Gasteiger partial charge in [-0.2, -0.15) is 10.2 Å². The van der Waals surface area contributed by atoms with Crippen molar-refractivity contribution in [3.63, 3.8) is 0 Å². The van der Waals surface area contributed by atoms with Gasteiger partial charge in [0.2, 0.25) is 0 Å². The molecule has 6 nitrogen and oxygen atoms in total. The Bertz CT molecular complexity index is 943. The molecule has 3 aromatic heterocycles. The second kappa shape index (κ2) is 5.91. The standard InChI is InChI=1S/C20H26N6/c1-12(2)25-20-15(10-22-25)5-6-18(24-20)17-11-23-26(19(17)14-3-4-14)16-7-13(8-16)9-21/h5-6,10-14,16H,3-4,7-9,21H2,1-2H3. The van der Waals surface area contributed by atoms with Crippen LogP contribution >= 0.6 is 0 Å². The molecule has 0 saturated heterocycles. The number of hydrogen-bond acceptors (Lipinski definition) is 4. The van der Waals surface area contributed by atoms with Crippen LogP contribution in [0.2, 0.25) is 0 Å².